The second-order valence-corrected chi connectivity index (χ2v) is 3.76. The lowest BCUT2D eigenvalue weighted by Crippen LogP contribution is -2.38. The van der Waals surface area contributed by atoms with E-state index < -0.39 is 0 Å². The molecule has 0 aromatic rings. The van der Waals surface area contributed by atoms with Crippen LogP contribution in [-0.2, 0) is 0 Å². The molecule has 78 valence electrons. The topological polar surface area (TPSA) is 35.5 Å². The molecule has 1 aliphatic heterocycles. The van der Waals surface area contributed by atoms with Crippen LogP contribution in [0, 0.1) is 0 Å². The average Bonchev–Trinajstić information content (AvgIpc) is 2.65. The van der Waals surface area contributed by atoms with Crippen LogP contribution in [0.2, 0.25) is 0 Å². The minimum absolute atomic E-state index is 0.320. The maximum atomic E-state index is 8.78. The van der Waals surface area contributed by atoms with Gasteiger partial charge in [-0.25, -0.2) is 0 Å². The van der Waals surface area contributed by atoms with E-state index in [4.69, 9.17) is 5.11 Å². The standard InChI is InChI=1S/C10H22N2O/c1-2-6-12(7-3-8-13)10-4-5-11-9-10/h10-11,13H,2-9H2,1H3. The van der Waals surface area contributed by atoms with Gasteiger partial charge in [-0.2, -0.15) is 0 Å². The van der Waals surface area contributed by atoms with Gasteiger partial charge in [-0.1, -0.05) is 6.92 Å². The monoisotopic (exact) mass is 186 g/mol. The van der Waals surface area contributed by atoms with E-state index in [2.05, 4.69) is 17.1 Å². The van der Waals surface area contributed by atoms with Gasteiger partial charge in [-0.3, -0.25) is 4.90 Å². The largest absolute Gasteiger partial charge is 0.396 e. The van der Waals surface area contributed by atoms with E-state index in [9.17, 15) is 0 Å². The molecular weight excluding hydrogens is 164 g/mol. The maximum absolute atomic E-state index is 8.78. The Kier molecular flexibility index (Phi) is 5.35. The normalized spacial score (nSPS) is 22.8. The van der Waals surface area contributed by atoms with E-state index in [-0.39, 0.29) is 0 Å². The van der Waals surface area contributed by atoms with E-state index in [0.29, 0.717) is 12.6 Å². The maximum Gasteiger partial charge on any atom is 0.0443 e. The third kappa shape index (κ3) is 3.63. The summed E-state index contributed by atoms with van der Waals surface area (Å²) in [6.07, 6.45) is 3.39. The molecule has 2 N–H and O–H groups in total. The lowest BCUT2D eigenvalue weighted by atomic mass is 10.2. The molecule has 0 aliphatic carbocycles. The number of aliphatic hydroxyl groups is 1. The van der Waals surface area contributed by atoms with Crippen LogP contribution in [0.25, 0.3) is 0 Å². The van der Waals surface area contributed by atoms with Crippen LogP contribution in [0.5, 0.6) is 0 Å². The Morgan fingerprint density at radius 1 is 1.46 bits per heavy atom. The molecule has 1 fully saturated rings. The van der Waals surface area contributed by atoms with Crippen molar-refractivity contribution in [1.82, 2.24) is 10.2 Å². The van der Waals surface area contributed by atoms with Crippen molar-refractivity contribution in [2.75, 3.05) is 32.8 Å². The number of aliphatic hydroxyl groups excluding tert-OH is 1. The smallest absolute Gasteiger partial charge is 0.0443 e. The van der Waals surface area contributed by atoms with Gasteiger partial charge < -0.3 is 10.4 Å². The van der Waals surface area contributed by atoms with Crippen LogP contribution in [0.4, 0.5) is 0 Å². The SMILES string of the molecule is CCCN(CCCO)C1CCNC1. The van der Waals surface area contributed by atoms with Crippen molar-refractivity contribution >= 4 is 0 Å². The van der Waals surface area contributed by atoms with Crippen LogP contribution in [-0.4, -0.2) is 48.8 Å². The van der Waals surface area contributed by atoms with Gasteiger partial charge in [0.05, 0.1) is 0 Å². The Balaban J connectivity index is 2.26. The van der Waals surface area contributed by atoms with Crippen molar-refractivity contribution in [3.05, 3.63) is 0 Å². The van der Waals surface area contributed by atoms with Crippen molar-refractivity contribution in [3.63, 3.8) is 0 Å². The first kappa shape index (κ1) is 11.0. The second kappa shape index (κ2) is 6.35. The fourth-order valence-corrected chi connectivity index (χ4v) is 1.99. The molecule has 0 saturated carbocycles. The molecule has 0 amide bonds. The van der Waals surface area contributed by atoms with Gasteiger partial charge in [0.15, 0.2) is 0 Å². The Morgan fingerprint density at radius 3 is 2.85 bits per heavy atom. The molecular formula is C10H22N2O. The van der Waals surface area contributed by atoms with Crippen molar-refractivity contribution in [1.29, 1.82) is 0 Å². The molecule has 3 nitrogen and oxygen atoms in total. The zero-order valence-electron chi connectivity index (χ0n) is 8.63. The molecule has 1 rings (SSSR count). The number of nitrogens with zero attached hydrogens (tertiary/aromatic N) is 1. The molecule has 1 atom stereocenters. The summed E-state index contributed by atoms with van der Waals surface area (Å²) in [5.41, 5.74) is 0. The third-order valence-corrected chi connectivity index (χ3v) is 2.66. The van der Waals surface area contributed by atoms with Crippen molar-refractivity contribution in [3.8, 4) is 0 Å². The van der Waals surface area contributed by atoms with E-state index in [0.717, 1.165) is 26.1 Å². The van der Waals surface area contributed by atoms with Gasteiger partial charge in [-0.15, -0.1) is 0 Å². The van der Waals surface area contributed by atoms with E-state index in [1.54, 1.807) is 0 Å². The fourth-order valence-electron chi connectivity index (χ4n) is 1.99. The number of rotatable bonds is 6. The lowest BCUT2D eigenvalue weighted by molar-refractivity contribution is 0.182. The molecule has 0 spiro atoms. The summed E-state index contributed by atoms with van der Waals surface area (Å²) in [6.45, 7) is 7.05. The summed E-state index contributed by atoms with van der Waals surface area (Å²) in [5, 5.41) is 12.2. The summed E-state index contributed by atoms with van der Waals surface area (Å²) in [5.74, 6) is 0. The highest BCUT2D eigenvalue weighted by atomic mass is 16.3. The molecule has 3 heteroatoms. The minimum Gasteiger partial charge on any atom is -0.396 e. The first-order chi connectivity index (χ1) is 6.38. The van der Waals surface area contributed by atoms with E-state index in [1.807, 2.05) is 0 Å². The van der Waals surface area contributed by atoms with Crippen LogP contribution in [0.3, 0.4) is 0 Å². The highest BCUT2D eigenvalue weighted by Gasteiger charge is 2.20. The minimum atomic E-state index is 0.320. The van der Waals surface area contributed by atoms with Crippen molar-refractivity contribution < 1.29 is 5.11 Å². The summed E-state index contributed by atoms with van der Waals surface area (Å²) in [7, 11) is 0. The molecule has 0 bridgehead atoms. The van der Waals surface area contributed by atoms with E-state index >= 15 is 0 Å². The van der Waals surface area contributed by atoms with Crippen molar-refractivity contribution in [2.45, 2.75) is 32.2 Å². The molecule has 0 aromatic carbocycles. The summed E-state index contributed by atoms with van der Waals surface area (Å²) >= 11 is 0. The quantitative estimate of drug-likeness (QED) is 0.632. The van der Waals surface area contributed by atoms with Crippen LogP contribution >= 0.6 is 0 Å². The highest BCUT2D eigenvalue weighted by Crippen LogP contribution is 2.09. The number of nitrogens with one attached hydrogen (secondary N) is 1. The molecule has 0 radical (unpaired) electrons. The Morgan fingerprint density at radius 2 is 2.31 bits per heavy atom. The van der Waals surface area contributed by atoms with E-state index in [1.165, 1.54) is 19.4 Å². The Bertz CT molecular complexity index is 124. The summed E-state index contributed by atoms with van der Waals surface area (Å²) in [6, 6.07) is 0.714. The van der Waals surface area contributed by atoms with Gasteiger partial charge in [-0.05, 0) is 32.4 Å². The van der Waals surface area contributed by atoms with Crippen LogP contribution in [0.15, 0.2) is 0 Å². The molecule has 1 saturated heterocycles. The first-order valence-corrected chi connectivity index (χ1v) is 5.44. The zero-order chi connectivity index (χ0) is 9.52. The second-order valence-electron chi connectivity index (χ2n) is 3.76. The third-order valence-electron chi connectivity index (χ3n) is 2.66. The van der Waals surface area contributed by atoms with Gasteiger partial charge >= 0.3 is 0 Å². The first-order valence-electron chi connectivity index (χ1n) is 5.44. The average molecular weight is 186 g/mol. The van der Waals surface area contributed by atoms with Gasteiger partial charge in [0.2, 0.25) is 0 Å². The van der Waals surface area contributed by atoms with Crippen LogP contribution in [0.1, 0.15) is 26.2 Å². The van der Waals surface area contributed by atoms with Gasteiger partial charge in [0.1, 0.15) is 0 Å². The van der Waals surface area contributed by atoms with Crippen molar-refractivity contribution in [2.24, 2.45) is 0 Å². The number of hydrogen-bond acceptors (Lipinski definition) is 3. The van der Waals surface area contributed by atoms with Gasteiger partial charge in [0, 0.05) is 25.7 Å². The Hall–Kier alpha value is -0.120. The highest BCUT2D eigenvalue weighted by molar-refractivity contribution is 4.80. The zero-order valence-corrected chi connectivity index (χ0v) is 8.63. The molecule has 1 aliphatic rings. The molecule has 0 aromatic heterocycles. The summed E-state index contributed by atoms with van der Waals surface area (Å²) < 4.78 is 0. The predicted octanol–water partition coefficient (Wildman–Crippen LogP) is 0.443. The van der Waals surface area contributed by atoms with Crippen LogP contribution < -0.4 is 5.32 Å². The predicted molar refractivity (Wildman–Crippen MR) is 54.8 cm³/mol. The summed E-state index contributed by atoms with van der Waals surface area (Å²) in [4.78, 5) is 2.51. The molecule has 13 heavy (non-hydrogen) atoms. The fraction of sp³-hybridized carbons (Fsp3) is 1.00. The molecule has 1 heterocycles. The number of hydrogen-bond donors (Lipinski definition) is 2. The Labute approximate surface area is 81.1 Å². The lowest BCUT2D eigenvalue weighted by Gasteiger charge is -2.27. The molecule has 1 unspecified atom stereocenters. The van der Waals surface area contributed by atoms with Gasteiger partial charge in [0.25, 0.3) is 0 Å².